The van der Waals surface area contributed by atoms with E-state index in [1.165, 1.54) is 28.9 Å². The van der Waals surface area contributed by atoms with Crippen LogP contribution in [0.1, 0.15) is 11.1 Å². The SMILES string of the molecule is C=Cc1ccc(Cn2nc(-c3nc(-c4ccc(F)cc4)no3)ccc2=O)cc1. The maximum absolute atomic E-state index is 13.1. The van der Waals surface area contributed by atoms with Gasteiger partial charge in [-0.15, -0.1) is 0 Å². The van der Waals surface area contributed by atoms with Crippen LogP contribution in [0.4, 0.5) is 4.39 Å². The molecule has 7 heteroatoms. The summed E-state index contributed by atoms with van der Waals surface area (Å²) in [6, 6.07) is 16.4. The topological polar surface area (TPSA) is 73.8 Å². The van der Waals surface area contributed by atoms with Gasteiger partial charge < -0.3 is 4.52 Å². The van der Waals surface area contributed by atoms with E-state index in [1.807, 2.05) is 24.3 Å². The van der Waals surface area contributed by atoms with Crippen molar-refractivity contribution < 1.29 is 8.91 Å². The number of aromatic nitrogens is 4. The summed E-state index contributed by atoms with van der Waals surface area (Å²) in [7, 11) is 0. The Morgan fingerprint density at radius 3 is 2.50 bits per heavy atom. The molecule has 2 aromatic heterocycles. The first kappa shape index (κ1) is 17.5. The second-order valence-corrected chi connectivity index (χ2v) is 6.09. The van der Waals surface area contributed by atoms with E-state index in [1.54, 1.807) is 18.2 Å². The lowest BCUT2D eigenvalue weighted by Gasteiger charge is -2.06. The average Bonchev–Trinajstić information content (AvgIpc) is 3.21. The van der Waals surface area contributed by atoms with Crippen LogP contribution >= 0.6 is 0 Å². The minimum Gasteiger partial charge on any atom is -0.332 e. The molecule has 0 N–H and O–H groups in total. The number of halogens is 1. The fourth-order valence-corrected chi connectivity index (χ4v) is 2.65. The van der Waals surface area contributed by atoms with E-state index in [0.717, 1.165) is 11.1 Å². The van der Waals surface area contributed by atoms with Crippen LogP contribution in [-0.4, -0.2) is 19.9 Å². The third-order valence-electron chi connectivity index (χ3n) is 4.16. The maximum atomic E-state index is 13.1. The predicted molar refractivity (Wildman–Crippen MR) is 103 cm³/mol. The highest BCUT2D eigenvalue weighted by molar-refractivity contribution is 5.57. The first-order valence-corrected chi connectivity index (χ1v) is 8.52. The summed E-state index contributed by atoms with van der Waals surface area (Å²) in [5.74, 6) is 0.145. The maximum Gasteiger partial charge on any atom is 0.278 e. The van der Waals surface area contributed by atoms with Gasteiger partial charge in [-0.1, -0.05) is 42.1 Å². The molecule has 0 unspecified atom stereocenters. The van der Waals surface area contributed by atoms with E-state index in [2.05, 4.69) is 21.8 Å². The predicted octanol–water partition coefficient (Wildman–Crippen LogP) is 3.79. The highest BCUT2D eigenvalue weighted by Crippen LogP contribution is 2.20. The van der Waals surface area contributed by atoms with Crippen molar-refractivity contribution in [2.24, 2.45) is 0 Å². The molecule has 0 atom stereocenters. The second-order valence-electron chi connectivity index (χ2n) is 6.09. The average molecular weight is 374 g/mol. The molecule has 0 fully saturated rings. The number of rotatable bonds is 5. The van der Waals surface area contributed by atoms with Crippen molar-refractivity contribution in [2.45, 2.75) is 6.54 Å². The van der Waals surface area contributed by atoms with Crippen LogP contribution in [0.5, 0.6) is 0 Å². The van der Waals surface area contributed by atoms with Crippen molar-refractivity contribution in [3.8, 4) is 23.0 Å². The lowest BCUT2D eigenvalue weighted by molar-refractivity contribution is 0.429. The molecule has 0 spiro atoms. The number of nitrogens with zero attached hydrogens (tertiary/aromatic N) is 4. The summed E-state index contributed by atoms with van der Waals surface area (Å²) in [5.41, 5.74) is 2.68. The van der Waals surface area contributed by atoms with Crippen LogP contribution in [0.15, 0.2) is 76.6 Å². The molecule has 0 aliphatic heterocycles. The zero-order valence-electron chi connectivity index (χ0n) is 14.7. The van der Waals surface area contributed by atoms with Crippen molar-refractivity contribution >= 4 is 6.08 Å². The monoisotopic (exact) mass is 374 g/mol. The van der Waals surface area contributed by atoms with Crippen molar-refractivity contribution in [1.82, 2.24) is 19.9 Å². The van der Waals surface area contributed by atoms with E-state index < -0.39 is 0 Å². The normalized spacial score (nSPS) is 10.8. The Morgan fingerprint density at radius 1 is 1.04 bits per heavy atom. The zero-order chi connectivity index (χ0) is 19.5. The standard InChI is InChI=1S/C21H15FN4O2/c1-2-14-3-5-15(6-4-14)13-26-19(27)12-11-18(24-26)21-23-20(25-28-21)16-7-9-17(22)10-8-16/h2-12H,1,13H2. The molecule has 0 amide bonds. The number of benzene rings is 2. The van der Waals surface area contributed by atoms with E-state index >= 15 is 0 Å². The quantitative estimate of drug-likeness (QED) is 0.531. The molecule has 138 valence electrons. The third-order valence-corrected chi connectivity index (χ3v) is 4.16. The van der Waals surface area contributed by atoms with E-state index in [0.29, 0.717) is 23.6 Å². The lowest BCUT2D eigenvalue weighted by Crippen LogP contribution is -2.22. The number of hydrogen-bond donors (Lipinski definition) is 0. The molecule has 0 radical (unpaired) electrons. The van der Waals surface area contributed by atoms with Gasteiger partial charge in [0, 0.05) is 11.6 Å². The Kier molecular flexibility index (Phi) is 4.63. The summed E-state index contributed by atoms with van der Waals surface area (Å²) >= 11 is 0. The highest BCUT2D eigenvalue weighted by atomic mass is 19.1. The summed E-state index contributed by atoms with van der Waals surface area (Å²) in [4.78, 5) is 16.5. The molecule has 28 heavy (non-hydrogen) atoms. The Bertz CT molecular complexity index is 1180. The summed E-state index contributed by atoms with van der Waals surface area (Å²) in [5, 5.41) is 8.23. The fraction of sp³-hybridized carbons (Fsp3) is 0.0476. The van der Waals surface area contributed by atoms with Gasteiger partial charge in [0.2, 0.25) is 5.82 Å². The molecule has 4 aromatic rings. The van der Waals surface area contributed by atoms with Gasteiger partial charge in [0.05, 0.1) is 6.54 Å². The molecule has 0 bridgehead atoms. The molecule has 4 rings (SSSR count). The van der Waals surface area contributed by atoms with Gasteiger partial charge in [-0.05, 0) is 41.5 Å². The first-order valence-electron chi connectivity index (χ1n) is 8.52. The molecule has 0 saturated heterocycles. The number of hydrogen-bond acceptors (Lipinski definition) is 5. The molecule has 2 heterocycles. The Balaban J connectivity index is 1.62. The Morgan fingerprint density at radius 2 is 1.79 bits per heavy atom. The largest absolute Gasteiger partial charge is 0.332 e. The minimum atomic E-state index is -0.345. The van der Waals surface area contributed by atoms with Gasteiger partial charge >= 0.3 is 0 Å². The smallest absolute Gasteiger partial charge is 0.278 e. The molecule has 6 nitrogen and oxygen atoms in total. The van der Waals surface area contributed by atoms with Crippen LogP contribution in [0.25, 0.3) is 29.0 Å². The van der Waals surface area contributed by atoms with E-state index in [4.69, 9.17) is 4.52 Å². The van der Waals surface area contributed by atoms with Crippen molar-refractivity contribution in [3.63, 3.8) is 0 Å². The van der Waals surface area contributed by atoms with Gasteiger partial charge in [0.25, 0.3) is 11.4 Å². The molecule has 2 aromatic carbocycles. The fourth-order valence-electron chi connectivity index (χ4n) is 2.65. The van der Waals surface area contributed by atoms with Crippen LogP contribution in [0, 0.1) is 5.82 Å². The van der Waals surface area contributed by atoms with Crippen molar-refractivity contribution in [3.05, 3.63) is 94.5 Å². The summed E-state index contributed by atoms with van der Waals surface area (Å²) in [6.07, 6.45) is 1.75. The third kappa shape index (κ3) is 3.64. The van der Waals surface area contributed by atoms with Crippen molar-refractivity contribution in [2.75, 3.05) is 0 Å². The molecule has 0 aliphatic rings. The molecule has 0 saturated carbocycles. The van der Waals surface area contributed by atoms with E-state index in [9.17, 15) is 9.18 Å². The van der Waals surface area contributed by atoms with Crippen LogP contribution < -0.4 is 5.56 Å². The Labute approximate surface area is 159 Å². The lowest BCUT2D eigenvalue weighted by atomic mass is 10.1. The highest BCUT2D eigenvalue weighted by Gasteiger charge is 2.13. The van der Waals surface area contributed by atoms with Gasteiger partial charge in [-0.2, -0.15) is 10.1 Å². The summed E-state index contributed by atoms with van der Waals surface area (Å²) < 4.78 is 19.7. The van der Waals surface area contributed by atoms with Crippen molar-refractivity contribution in [1.29, 1.82) is 0 Å². The second kappa shape index (κ2) is 7.40. The molecule has 0 aliphatic carbocycles. The van der Waals surface area contributed by atoms with Crippen LogP contribution in [-0.2, 0) is 6.54 Å². The van der Waals surface area contributed by atoms with Gasteiger partial charge in [-0.3, -0.25) is 4.79 Å². The zero-order valence-corrected chi connectivity index (χ0v) is 14.7. The minimum absolute atomic E-state index is 0.176. The first-order chi connectivity index (χ1) is 13.6. The van der Waals surface area contributed by atoms with Gasteiger partial charge in [0.15, 0.2) is 0 Å². The van der Waals surface area contributed by atoms with E-state index in [-0.39, 0.29) is 17.3 Å². The molecular weight excluding hydrogens is 359 g/mol. The van der Waals surface area contributed by atoms with Crippen LogP contribution in [0.2, 0.25) is 0 Å². The Hall–Kier alpha value is -3.87. The van der Waals surface area contributed by atoms with Gasteiger partial charge in [-0.25, -0.2) is 9.07 Å². The van der Waals surface area contributed by atoms with Crippen LogP contribution in [0.3, 0.4) is 0 Å². The van der Waals surface area contributed by atoms with Gasteiger partial charge in [0.1, 0.15) is 11.5 Å². The molecular formula is C21H15FN4O2. The summed E-state index contributed by atoms with van der Waals surface area (Å²) in [6.45, 7) is 4.03.